The van der Waals surface area contributed by atoms with Crippen LogP contribution < -0.4 is 0 Å². The minimum absolute atomic E-state index is 0.0269. The monoisotopic (exact) mass is 469 g/mol. The van der Waals surface area contributed by atoms with E-state index >= 15 is 0 Å². The van der Waals surface area contributed by atoms with Gasteiger partial charge in [-0.25, -0.2) is 0 Å². The number of carbonyl (C=O) groups excluding carboxylic acids is 3. The van der Waals surface area contributed by atoms with Gasteiger partial charge in [0, 0.05) is 37.5 Å². The number of hydrogen-bond acceptors (Lipinski definition) is 5. The van der Waals surface area contributed by atoms with Crippen molar-refractivity contribution in [1.82, 2.24) is 14.8 Å². The lowest BCUT2D eigenvalue weighted by Crippen LogP contribution is -2.52. The third-order valence-corrected chi connectivity index (χ3v) is 7.05. The van der Waals surface area contributed by atoms with Gasteiger partial charge in [-0.3, -0.25) is 19.4 Å². The molecular weight excluding hydrogens is 442 g/mol. The van der Waals surface area contributed by atoms with Crippen LogP contribution in [0, 0.1) is 0 Å². The Kier molecular flexibility index (Phi) is 6.17. The average molecular weight is 470 g/mol. The number of ketones is 1. The van der Waals surface area contributed by atoms with Gasteiger partial charge in [0.1, 0.15) is 6.04 Å². The standard InChI is InChI=1S/C28H27N3O4/c32-24-18-25(27(34)30-16-12-28(35,13-17-30)23-4-2-1-3-5-23)31(19-24)26(33)22-8-6-20(7-9-22)21-10-14-29-15-11-21/h1-11,14-15,25,35H,12-13,16-19H2/t25-/m0/s1. The normalized spacial score (nSPS) is 19.6. The quantitative estimate of drug-likeness (QED) is 0.634. The molecule has 2 aliphatic rings. The summed E-state index contributed by atoms with van der Waals surface area (Å²) in [6.45, 7) is 0.679. The molecule has 2 fully saturated rings. The van der Waals surface area contributed by atoms with E-state index in [2.05, 4.69) is 4.98 Å². The molecule has 2 aliphatic heterocycles. The van der Waals surface area contributed by atoms with E-state index in [4.69, 9.17) is 0 Å². The molecule has 0 aliphatic carbocycles. The van der Waals surface area contributed by atoms with Gasteiger partial charge >= 0.3 is 0 Å². The second kappa shape index (κ2) is 9.43. The van der Waals surface area contributed by atoms with E-state index in [1.54, 1.807) is 29.4 Å². The van der Waals surface area contributed by atoms with E-state index < -0.39 is 11.6 Å². The second-order valence-corrected chi connectivity index (χ2v) is 9.23. The highest BCUT2D eigenvalue weighted by Gasteiger charge is 2.43. The Morgan fingerprint density at radius 2 is 1.51 bits per heavy atom. The van der Waals surface area contributed by atoms with Gasteiger partial charge in [-0.1, -0.05) is 42.5 Å². The zero-order valence-corrected chi connectivity index (χ0v) is 19.3. The van der Waals surface area contributed by atoms with E-state index in [0.29, 0.717) is 31.5 Å². The number of rotatable bonds is 4. The van der Waals surface area contributed by atoms with Crippen molar-refractivity contribution in [2.75, 3.05) is 19.6 Å². The number of carbonyl (C=O) groups is 3. The topological polar surface area (TPSA) is 90.8 Å². The molecule has 2 aromatic carbocycles. The van der Waals surface area contributed by atoms with Crippen molar-refractivity contribution in [2.45, 2.75) is 30.9 Å². The first-order chi connectivity index (χ1) is 16.9. The first kappa shape index (κ1) is 22.9. The molecule has 7 nitrogen and oxygen atoms in total. The van der Waals surface area contributed by atoms with Gasteiger partial charge in [0.05, 0.1) is 12.1 Å². The smallest absolute Gasteiger partial charge is 0.254 e. The lowest BCUT2D eigenvalue weighted by molar-refractivity contribution is -0.140. The highest BCUT2D eigenvalue weighted by Crippen LogP contribution is 2.33. The van der Waals surface area contributed by atoms with Gasteiger partial charge in [0.15, 0.2) is 5.78 Å². The molecule has 0 saturated carbocycles. The van der Waals surface area contributed by atoms with Crippen molar-refractivity contribution in [1.29, 1.82) is 0 Å². The van der Waals surface area contributed by atoms with Gasteiger partial charge in [-0.05, 0) is 53.8 Å². The van der Waals surface area contributed by atoms with E-state index in [1.807, 2.05) is 54.6 Å². The number of piperidine rings is 1. The average Bonchev–Trinajstić information content (AvgIpc) is 3.31. The highest BCUT2D eigenvalue weighted by atomic mass is 16.3. The molecule has 0 spiro atoms. The van der Waals surface area contributed by atoms with Crippen LogP contribution in [-0.4, -0.2) is 63.2 Å². The van der Waals surface area contributed by atoms with Crippen molar-refractivity contribution < 1.29 is 19.5 Å². The summed E-state index contributed by atoms with van der Waals surface area (Å²) in [5.74, 6) is -0.677. The zero-order valence-electron chi connectivity index (χ0n) is 19.3. The summed E-state index contributed by atoms with van der Waals surface area (Å²) in [7, 11) is 0. The van der Waals surface area contributed by atoms with Crippen LogP contribution in [-0.2, 0) is 15.2 Å². The number of benzene rings is 2. The lowest BCUT2D eigenvalue weighted by Gasteiger charge is -2.40. The molecule has 7 heteroatoms. The molecular formula is C28H27N3O4. The van der Waals surface area contributed by atoms with Gasteiger partial charge in [-0.15, -0.1) is 0 Å². The molecule has 2 amide bonds. The molecule has 1 aromatic heterocycles. The van der Waals surface area contributed by atoms with Crippen LogP contribution in [0.1, 0.15) is 35.2 Å². The first-order valence-electron chi connectivity index (χ1n) is 11.8. The predicted octanol–water partition coefficient (Wildman–Crippen LogP) is 3.04. The molecule has 35 heavy (non-hydrogen) atoms. The van der Waals surface area contributed by atoms with Crippen LogP contribution >= 0.6 is 0 Å². The van der Waals surface area contributed by atoms with Gasteiger partial charge < -0.3 is 14.9 Å². The van der Waals surface area contributed by atoms with Crippen molar-refractivity contribution in [3.8, 4) is 11.1 Å². The van der Waals surface area contributed by atoms with Crippen LogP contribution in [0.5, 0.6) is 0 Å². The summed E-state index contributed by atoms with van der Waals surface area (Å²) in [5.41, 5.74) is 2.25. The minimum atomic E-state index is -0.977. The Hall–Kier alpha value is -3.84. The van der Waals surface area contributed by atoms with Crippen LogP contribution in [0.15, 0.2) is 79.1 Å². The summed E-state index contributed by atoms with van der Waals surface area (Å²) < 4.78 is 0. The Bertz CT molecular complexity index is 1220. The molecule has 178 valence electrons. The first-order valence-corrected chi connectivity index (χ1v) is 11.8. The largest absolute Gasteiger partial charge is 0.385 e. The Morgan fingerprint density at radius 3 is 2.17 bits per heavy atom. The fraction of sp³-hybridized carbons (Fsp3) is 0.286. The molecule has 0 radical (unpaired) electrons. The SMILES string of the molecule is O=C1C[C@@H](C(=O)N2CCC(O)(c3ccccc3)CC2)N(C(=O)c2ccc(-c3ccncc3)cc2)C1. The Labute approximate surface area is 204 Å². The molecule has 5 rings (SSSR count). The number of nitrogens with zero attached hydrogens (tertiary/aromatic N) is 3. The summed E-state index contributed by atoms with van der Waals surface area (Å²) in [6.07, 6.45) is 4.27. The lowest BCUT2D eigenvalue weighted by atomic mass is 9.84. The molecule has 0 unspecified atom stereocenters. The number of aliphatic hydroxyl groups is 1. The van der Waals surface area contributed by atoms with Gasteiger partial charge in [0.2, 0.25) is 5.91 Å². The number of likely N-dealkylation sites (tertiary alicyclic amines) is 2. The van der Waals surface area contributed by atoms with Crippen LogP contribution in [0.2, 0.25) is 0 Å². The number of hydrogen-bond donors (Lipinski definition) is 1. The summed E-state index contributed by atoms with van der Waals surface area (Å²) in [4.78, 5) is 46.0. The van der Waals surface area contributed by atoms with E-state index in [-0.39, 0.29) is 30.6 Å². The number of Topliss-reactive ketones (excluding diaryl/α,β-unsaturated/α-hetero) is 1. The fourth-order valence-corrected chi connectivity index (χ4v) is 4.98. The maximum Gasteiger partial charge on any atom is 0.254 e. The van der Waals surface area contributed by atoms with Crippen LogP contribution in [0.25, 0.3) is 11.1 Å². The fourth-order valence-electron chi connectivity index (χ4n) is 4.98. The van der Waals surface area contributed by atoms with E-state index in [0.717, 1.165) is 16.7 Å². The van der Waals surface area contributed by atoms with Crippen molar-refractivity contribution in [3.63, 3.8) is 0 Å². The third-order valence-electron chi connectivity index (χ3n) is 7.05. The third kappa shape index (κ3) is 4.59. The molecule has 0 bridgehead atoms. The second-order valence-electron chi connectivity index (χ2n) is 9.23. The Balaban J connectivity index is 1.28. The molecule has 3 aromatic rings. The molecule has 2 saturated heterocycles. The molecule has 3 heterocycles. The maximum atomic E-state index is 13.4. The minimum Gasteiger partial charge on any atom is -0.385 e. The molecule has 1 atom stereocenters. The van der Waals surface area contributed by atoms with Gasteiger partial charge in [0.25, 0.3) is 5.91 Å². The highest BCUT2D eigenvalue weighted by molar-refractivity contribution is 6.04. The van der Waals surface area contributed by atoms with Crippen molar-refractivity contribution in [3.05, 3.63) is 90.3 Å². The summed E-state index contributed by atoms with van der Waals surface area (Å²) in [6, 6.07) is 19.6. The van der Waals surface area contributed by atoms with Crippen LogP contribution in [0.3, 0.4) is 0 Å². The predicted molar refractivity (Wildman–Crippen MR) is 130 cm³/mol. The van der Waals surface area contributed by atoms with Crippen molar-refractivity contribution in [2.24, 2.45) is 0 Å². The van der Waals surface area contributed by atoms with E-state index in [1.165, 1.54) is 4.90 Å². The van der Waals surface area contributed by atoms with Crippen molar-refractivity contribution >= 4 is 17.6 Å². The number of amides is 2. The van der Waals surface area contributed by atoms with E-state index in [9.17, 15) is 19.5 Å². The Morgan fingerprint density at radius 1 is 0.886 bits per heavy atom. The summed E-state index contributed by atoms with van der Waals surface area (Å²) >= 11 is 0. The molecule has 1 N–H and O–H groups in total. The number of pyridine rings is 1. The van der Waals surface area contributed by atoms with Gasteiger partial charge in [-0.2, -0.15) is 0 Å². The zero-order chi connectivity index (χ0) is 24.4. The maximum absolute atomic E-state index is 13.4. The number of aromatic nitrogens is 1. The summed E-state index contributed by atoms with van der Waals surface area (Å²) in [5, 5.41) is 11.1. The van der Waals surface area contributed by atoms with Crippen LogP contribution in [0.4, 0.5) is 0 Å².